The Bertz CT molecular complexity index is 3430. The molecule has 1 aromatic heterocycles. The minimum absolute atomic E-state index is 0.419. The van der Waals surface area contributed by atoms with Crippen LogP contribution in [0.2, 0.25) is 0 Å². The van der Waals surface area contributed by atoms with Crippen molar-refractivity contribution in [3.05, 3.63) is 206 Å². The summed E-state index contributed by atoms with van der Waals surface area (Å²) in [6.45, 7) is 4.39. The average Bonchev–Trinajstić information content (AvgIpc) is 3.66. The van der Waals surface area contributed by atoms with E-state index >= 15 is 0 Å². The van der Waals surface area contributed by atoms with Crippen molar-refractivity contribution in [2.24, 2.45) is 0 Å². The lowest BCUT2D eigenvalue weighted by molar-refractivity contribution is 0.668. The van der Waals surface area contributed by atoms with Crippen LogP contribution in [0.4, 0.5) is 0 Å². The van der Waals surface area contributed by atoms with Crippen LogP contribution in [0.5, 0.6) is 0 Å². The molecule has 0 saturated heterocycles. The molecule has 10 aromatic carbocycles. The molecule has 0 amide bonds. The van der Waals surface area contributed by atoms with Gasteiger partial charge >= 0.3 is 0 Å². The van der Waals surface area contributed by atoms with Gasteiger partial charge < -0.3 is 4.42 Å². The van der Waals surface area contributed by atoms with Crippen molar-refractivity contribution in [2.45, 2.75) is 26.2 Å². The molecule has 1 nitrogen and oxygen atoms in total. The number of fused-ring (bicyclic) bond motifs is 7. The Kier molecular flexibility index (Phi) is 8.48. The lowest BCUT2D eigenvalue weighted by Crippen LogP contribution is -1.92. The Morgan fingerprint density at radius 2 is 0.864 bits per heavy atom. The van der Waals surface area contributed by atoms with E-state index in [0.717, 1.165) is 23.0 Å². The van der Waals surface area contributed by atoms with Gasteiger partial charge in [0.05, 0.1) is 0 Å². The summed E-state index contributed by atoms with van der Waals surface area (Å²) >= 11 is 0. The molecule has 280 valence electrons. The summed E-state index contributed by atoms with van der Waals surface area (Å²) in [7, 11) is 0. The highest BCUT2D eigenvalue weighted by atomic mass is 16.3. The molecule has 0 N–H and O–H groups in total. The van der Waals surface area contributed by atoms with Crippen LogP contribution in [0.3, 0.4) is 0 Å². The number of rotatable bonds is 7. The average molecular weight is 755 g/mol. The van der Waals surface area contributed by atoms with E-state index in [0.29, 0.717) is 5.92 Å². The Hall–Kier alpha value is -7.22. The van der Waals surface area contributed by atoms with Gasteiger partial charge in [-0.1, -0.05) is 165 Å². The van der Waals surface area contributed by atoms with E-state index in [2.05, 4.69) is 214 Å². The highest BCUT2D eigenvalue weighted by molar-refractivity contribution is 6.23. The second kappa shape index (κ2) is 14.3. The predicted octanol–water partition coefficient (Wildman–Crippen LogP) is 16.9. The molecule has 0 aliphatic rings. The summed E-state index contributed by atoms with van der Waals surface area (Å²) in [5, 5.41) is 12.3. The molecule has 1 atom stereocenters. The van der Waals surface area contributed by atoms with Gasteiger partial charge in [-0.05, 0) is 155 Å². The zero-order valence-corrected chi connectivity index (χ0v) is 33.2. The van der Waals surface area contributed by atoms with Crippen LogP contribution in [0.25, 0.3) is 110 Å². The van der Waals surface area contributed by atoms with Crippen LogP contribution < -0.4 is 0 Å². The first-order valence-corrected chi connectivity index (χ1v) is 20.7. The maximum atomic E-state index is 6.45. The second-order valence-electron chi connectivity index (χ2n) is 16.0. The second-order valence-corrected chi connectivity index (χ2v) is 16.0. The van der Waals surface area contributed by atoms with Crippen LogP contribution in [-0.4, -0.2) is 0 Å². The summed E-state index contributed by atoms with van der Waals surface area (Å²) in [4.78, 5) is 0. The van der Waals surface area contributed by atoms with Crippen LogP contribution in [0.1, 0.15) is 31.7 Å². The van der Waals surface area contributed by atoms with E-state index in [4.69, 9.17) is 4.42 Å². The fourth-order valence-corrected chi connectivity index (χ4v) is 9.28. The van der Waals surface area contributed by atoms with Gasteiger partial charge in [0.15, 0.2) is 0 Å². The van der Waals surface area contributed by atoms with Crippen molar-refractivity contribution in [3.63, 3.8) is 0 Å². The number of furan rings is 1. The third-order valence-corrected chi connectivity index (χ3v) is 12.4. The van der Waals surface area contributed by atoms with Crippen molar-refractivity contribution >= 4 is 65.0 Å². The monoisotopic (exact) mass is 754 g/mol. The SMILES string of the molecule is C/C=C\CC(C)c1ccc2oc3ccc(-c4c5ccccc5c(-c5ccc(-c6ccc7ccccc7c6)cc5)c5cc(-c6ccc7ccccc7c6)ccc45)cc3c2c1. The molecule has 0 aliphatic carbocycles. The molecular weight excluding hydrogens is 713 g/mol. The van der Waals surface area contributed by atoms with Crippen molar-refractivity contribution in [1.82, 2.24) is 0 Å². The van der Waals surface area contributed by atoms with Gasteiger partial charge in [0.1, 0.15) is 11.2 Å². The molecule has 0 aliphatic heterocycles. The number of hydrogen-bond acceptors (Lipinski definition) is 1. The normalized spacial score (nSPS) is 12.5. The zero-order valence-electron chi connectivity index (χ0n) is 33.2. The zero-order chi connectivity index (χ0) is 39.5. The van der Waals surface area contributed by atoms with E-state index in [1.807, 2.05) is 0 Å². The van der Waals surface area contributed by atoms with Gasteiger partial charge in [0.2, 0.25) is 0 Å². The van der Waals surface area contributed by atoms with Crippen LogP contribution >= 0.6 is 0 Å². The van der Waals surface area contributed by atoms with Crippen molar-refractivity contribution in [1.29, 1.82) is 0 Å². The first-order valence-electron chi connectivity index (χ1n) is 20.7. The smallest absolute Gasteiger partial charge is 0.135 e. The molecule has 11 rings (SSSR count). The van der Waals surface area contributed by atoms with Crippen LogP contribution in [0.15, 0.2) is 205 Å². The summed E-state index contributed by atoms with van der Waals surface area (Å²) in [6, 6.07) is 69.5. The Morgan fingerprint density at radius 3 is 1.54 bits per heavy atom. The molecular formula is C58H42O. The Morgan fingerprint density at radius 1 is 0.390 bits per heavy atom. The molecule has 1 heteroatoms. The fraction of sp³-hybridized carbons (Fsp3) is 0.0690. The summed E-state index contributed by atoms with van der Waals surface area (Å²) in [5.74, 6) is 0.419. The minimum atomic E-state index is 0.419. The number of allylic oxidation sites excluding steroid dienone is 2. The first-order chi connectivity index (χ1) is 29.1. The van der Waals surface area contributed by atoms with Gasteiger partial charge in [-0.15, -0.1) is 0 Å². The molecule has 0 spiro atoms. The van der Waals surface area contributed by atoms with Crippen LogP contribution in [-0.2, 0) is 0 Å². The maximum Gasteiger partial charge on any atom is 0.135 e. The molecule has 0 radical (unpaired) electrons. The summed E-state index contributed by atoms with van der Waals surface area (Å²) in [5.41, 5.74) is 12.9. The van der Waals surface area contributed by atoms with E-state index < -0.39 is 0 Å². The molecule has 59 heavy (non-hydrogen) atoms. The molecule has 0 bridgehead atoms. The lowest BCUT2D eigenvalue weighted by Gasteiger charge is -2.19. The highest BCUT2D eigenvalue weighted by Gasteiger charge is 2.20. The van der Waals surface area contributed by atoms with Crippen molar-refractivity contribution < 1.29 is 4.42 Å². The van der Waals surface area contributed by atoms with E-state index in [9.17, 15) is 0 Å². The predicted molar refractivity (Wildman–Crippen MR) is 253 cm³/mol. The van der Waals surface area contributed by atoms with Gasteiger partial charge in [-0.3, -0.25) is 0 Å². The van der Waals surface area contributed by atoms with Gasteiger partial charge in [0, 0.05) is 10.8 Å². The van der Waals surface area contributed by atoms with Gasteiger partial charge in [-0.2, -0.15) is 0 Å². The Balaban J connectivity index is 1.13. The first kappa shape index (κ1) is 35.0. The molecule has 0 saturated carbocycles. The largest absolute Gasteiger partial charge is 0.456 e. The fourth-order valence-electron chi connectivity index (χ4n) is 9.28. The van der Waals surface area contributed by atoms with Gasteiger partial charge in [0.25, 0.3) is 0 Å². The molecule has 11 aromatic rings. The molecule has 1 unspecified atom stereocenters. The third kappa shape index (κ3) is 6.10. The van der Waals surface area contributed by atoms with Crippen molar-refractivity contribution in [3.8, 4) is 44.5 Å². The number of benzene rings is 10. The van der Waals surface area contributed by atoms with E-state index in [-0.39, 0.29) is 0 Å². The lowest BCUT2D eigenvalue weighted by atomic mass is 9.84. The summed E-state index contributed by atoms with van der Waals surface area (Å²) in [6.07, 6.45) is 5.41. The van der Waals surface area contributed by atoms with E-state index in [1.54, 1.807) is 0 Å². The summed E-state index contributed by atoms with van der Waals surface area (Å²) < 4.78 is 6.45. The number of hydrogen-bond donors (Lipinski definition) is 0. The Labute approximate surface area is 344 Å². The molecule has 0 fully saturated rings. The topological polar surface area (TPSA) is 13.1 Å². The van der Waals surface area contributed by atoms with E-state index in [1.165, 1.54) is 98.5 Å². The standard InChI is InChI=1S/C58H42O/c1-3-4-11-37(2)42-27-30-55-52(34-42)53-36-48(28-31-56(53)59-55)58-50-17-10-9-16-49(50)57(41-22-18-40(19-23-41)45-24-20-38-12-5-7-14-43(38)32-45)54-35-47(26-29-51(54)58)46-25-21-39-13-6-8-15-44(39)33-46/h3-10,12-37H,11H2,1-2H3/b4-3-. The minimum Gasteiger partial charge on any atom is -0.456 e. The molecule has 1 heterocycles. The van der Waals surface area contributed by atoms with Gasteiger partial charge in [-0.25, -0.2) is 0 Å². The highest BCUT2D eigenvalue weighted by Crippen LogP contribution is 2.46. The quantitative estimate of drug-likeness (QED) is 0.117. The maximum absolute atomic E-state index is 6.45. The van der Waals surface area contributed by atoms with Crippen LogP contribution in [0, 0.1) is 0 Å². The van der Waals surface area contributed by atoms with Crippen molar-refractivity contribution in [2.75, 3.05) is 0 Å². The third-order valence-electron chi connectivity index (χ3n) is 12.4.